The van der Waals surface area contributed by atoms with Gasteiger partial charge in [-0.2, -0.15) is 5.10 Å². The Morgan fingerprint density at radius 3 is 2.94 bits per heavy atom. The van der Waals surface area contributed by atoms with Crippen molar-refractivity contribution >= 4 is 0 Å². The largest absolute Gasteiger partial charge is 0.324 e. The average molecular weight is 227 g/mol. The molecule has 0 fully saturated rings. The third kappa shape index (κ3) is 1.87. The van der Waals surface area contributed by atoms with Gasteiger partial charge in [0.15, 0.2) is 0 Å². The number of nitrogens with two attached hydrogens (primary N) is 1. The highest BCUT2D eigenvalue weighted by atomic mass is 15.2. The molecule has 0 saturated heterocycles. The highest BCUT2D eigenvalue weighted by molar-refractivity contribution is 5.36. The lowest BCUT2D eigenvalue weighted by molar-refractivity contribution is 0.465. The molecule has 3 rings (SSSR count). The molecule has 0 spiro atoms. The van der Waals surface area contributed by atoms with E-state index in [2.05, 4.69) is 35.6 Å². The molecule has 88 valence electrons. The maximum Gasteiger partial charge on any atom is 0.0521 e. The van der Waals surface area contributed by atoms with Gasteiger partial charge in [0.25, 0.3) is 0 Å². The van der Waals surface area contributed by atoms with Gasteiger partial charge in [0.2, 0.25) is 0 Å². The van der Waals surface area contributed by atoms with Crippen LogP contribution >= 0.6 is 0 Å². The van der Waals surface area contributed by atoms with Gasteiger partial charge in [0.1, 0.15) is 0 Å². The van der Waals surface area contributed by atoms with Gasteiger partial charge in [-0.25, -0.2) is 0 Å². The van der Waals surface area contributed by atoms with E-state index in [9.17, 15) is 0 Å². The molecule has 1 aromatic heterocycles. The fraction of sp³-hybridized carbons (Fsp3) is 0.357. The SMILES string of the molecule is Cn1cc(CC2Cc3ccccc3C2N)cn1. The summed E-state index contributed by atoms with van der Waals surface area (Å²) in [4.78, 5) is 0. The Morgan fingerprint density at radius 1 is 1.41 bits per heavy atom. The Labute approximate surface area is 101 Å². The van der Waals surface area contributed by atoms with Crippen LogP contribution in [0.5, 0.6) is 0 Å². The van der Waals surface area contributed by atoms with Crippen LogP contribution in [0, 0.1) is 5.92 Å². The van der Waals surface area contributed by atoms with Gasteiger partial charge in [-0.05, 0) is 35.4 Å². The Balaban J connectivity index is 1.80. The van der Waals surface area contributed by atoms with Crippen molar-refractivity contribution in [1.82, 2.24) is 9.78 Å². The maximum absolute atomic E-state index is 6.32. The second kappa shape index (κ2) is 4.00. The van der Waals surface area contributed by atoms with E-state index in [4.69, 9.17) is 5.73 Å². The van der Waals surface area contributed by atoms with Crippen molar-refractivity contribution in [3.05, 3.63) is 53.3 Å². The van der Waals surface area contributed by atoms with Crippen LogP contribution in [0.3, 0.4) is 0 Å². The molecule has 3 nitrogen and oxygen atoms in total. The predicted octanol–water partition coefficient (Wildman–Crippen LogP) is 1.83. The number of benzene rings is 1. The summed E-state index contributed by atoms with van der Waals surface area (Å²) in [5.74, 6) is 0.511. The minimum atomic E-state index is 0.173. The molecule has 1 aromatic carbocycles. The summed E-state index contributed by atoms with van der Waals surface area (Å²) in [6.45, 7) is 0. The van der Waals surface area contributed by atoms with Gasteiger partial charge in [-0.15, -0.1) is 0 Å². The van der Waals surface area contributed by atoms with Crippen molar-refractivity contribution in [3.8, 4) is 0 Å². The number of rotatable bonds is 2. The number of hydrogen-bond acceptors (Lipinski definition) is 2. The molecule has 2 aromatic rings. The molecular formula is C14H17N3. The third-order valence-electron chi connectivity index (χ3n) is 3.66. The van der Waals surface area contributed by atoms with E-state index >= 15 is 0 Å². The molecule has 3 heteroatoms. The fourth-order valence-electron chi connectivity index (χ4n) is 2.79. The van der Waals surface area contributed by atoms with E-state index in [1.54, 1.807) is 0 Å². The minimum absolute atomic E-state index is 0.173. The van der Waals surface area contributed by atoms with E-state index in [1.165, 1.54) is 16.7 Å². The standard InChI is InChI=1S/C14H17N3/c1-17-9-10(8-16-17)6-12-7-11-4-2-3-5-13(11)14(12)15/h2-5,8-9,12,14H,6-7,15H2,1H3. The van der Waals surface area contributed by atoms with Gasteiger partial charge >= 0.3 is 0 Å². The van der Waals surface area contributed by atoms with Crippen molar-refractivity contribution in [2.24, 2.45) is 18.7 Å². The smallest absolute Gasteiger partial charge is 0.0521 e. The van der Waals surface area contributed by atoms with E-state index in [0.717, 1.165) is 12.8 Å². The van der Waals surface area contributed by atoms with E-state index < -0.39 is 0 Å². The van der Waals surface area contributed by atoms with Gasteiger partial charge in [-0.1, -0.05) is 24.3 Å². The molecule has 1 aliphatic rings. The second-order valence-corrected chi connectivity index (χ2v) is 4.92. The van der Waals surface area contributed by atoms with Crippen molar-refractivity contribution in [2.45, 2.75) is 18.9 Å². The van der Waals surface area contributed by atoms with Crippen molar-refractivity contribution < 1.29 is 0 Å². The van der Waals surface area contributed by atoms with Crippen LogP contribution in [0.1, 0.15) is 22.7 Å². The van der Waals surface area contributed by atoms with Gasteiger partial charge < -0.3 is 5.73 Å². The first-order valence-electron chi connectivity index (χ1n) is 6.05. The molecule has 2 unspecified atom stereocenters. The zero-order valence-electron chi connectivity index (χ0n) is 10.0. The highest BCUT2D eigenvalue weighted by Gasteiger charge is 2.29. The van der Waals surface area contributed by atoms with E-state index in [0.29, 0.717) is 5.92 Å². The van der Waals surface area contributed by atoms with Gasteiger partial charge in [0, 0.05) is 19.3 Å². The lowest BCUT2D eigenvalue weighted by atomic mass is 9.95. The second-order valence-electron chi connectivity index (χ2n) is 4.92. The van der Waals surface area contributed by atoms with Crippen molar-refractivity contribution in [3.63, 3.8) is 0 Å². The number of nitrogens with zero attached hydrogens (tertiary/aromatic N) is 2. The Hall–Kier alpha value is -1.61. The molecule has 1 heterocycles. The van der Waals surface area contributed by atoms with Crippen molar-refractivity contribution in [1.29, 1.82) is 0 Å². The summed E-state index contributed by atoms with van der Waals surface area (Å²) in [7, 11) is 1.95. The summed E-state index contributed by atoms with van der Waals surface area (Å²) in [6.07, 6.45) is 6.13. The average Bonchev–Trinajstić information content (AvgIpc) is 2.86. The summed E-state index contributed by atoms with van der Waals surface area (Å²) in [5, 5.41) is 4.21. The highest BCUT2D eigenvalue weighted by Crippen LogP contribution is 2.35. The molecule has 0 bridgehead atoms. The minimum Gasteiger partial charge on any atom is -0.324 e. The number of aryl methyl sites for hydroxylation is 1. The van der Waals surface area contributed by atoms with Crippen LogP contribution in [-0.2, 0) is 19.9 Å². The number of fused-ring (bicyclic) bond motifs is 1. The molecule has 0 amide bonds. The molecule has 0 aliphatic heterocycles. The van der Waals surface area contributed by atoms with Crippen LogP contribution in [0.25, 0.3) is 0 Å². The summed E-state index contributed by atoms with van der Waals surface area (Å²) >= 11 is 0. The lowest BCUT2D eigenvalue weighted by Crippen LogP contribution is -2.18. The molecule has 1 aliphatic carbocycles. The zero-order valence-corrected chi connectivity index (χ0v) is 10.0. The topological polar surface area (TPSA) is 43.8 Å². The van der Waals surface area contributed by atoms with E-state index in [-0.39, 0.29) is 6.04 Å². The molecule has 2 atom stereocenters. The van der Waals surface area contributed by atoms with Crippen LogP contribution in [-0.4, -0.2) is 9.78 Å². The molecule has 2 N–H and O–H groups in total. The first-order valence-corrected chi connectivity index (χ1v) is 6.05. The Bertz CT molecular complexity index is 530. The Morgan fingerprint density at radius 2 is 2.24 bits per heavy atom. The Kier molecular flexibility index (Phi) is 2.48. The quantitative estimate of drug-likeness (QED) is 0.850. The normalized spacial score (nSPS) is 22.7. The first-order chi connectivity index (χ1) is 8.24. The maximum atomic E-state index is 6.32. The molecule has 0 saturated carbocycles. The molecule has 0 radical (unpaired) electrons. The van der Waals surface area contributed by atoms with Gasteiger partial charge in [-0.3, -0.25) is 4.68 Å². The summed E-state index contributed by atoms with van der Waals surface area (Å²) < 4.78 is 1.85. The summed E-state index contributed by atoms with van der Waals surface area (Å²) in [5.41, 5.74) is 10.3. The lowest BCUT2D eigenvalue weighted by Gasteiger charge is -2.14. The van der Waals surface area contributed by atoms with Crippen molar-refractivity contribution in [2.75, 3.05) is 0 Å². The molecular weight excluding hydrogens is 210 g/mol. The van der Waals surface area contributed by atoms with Gasteiger partial charge in [0.05, 0.1) is 6.20 Å². The van der Waals surface area contributed by atoms with E-state index in [1.807, 2.05) is 17.9 Å². The summed E-state index contributed by atoms with van der Waals surface area (Å²) in [6, 6.07) is 8.69. The first kappa shape index (κ1) is 10.5. The van der Waals surface area contributed by atoms with Crippen LogP contribution < -0.4 is 5.73 Å². The molecule has 17 heavy (non-hydrogen) atoms. The fourth-order valence-corrected chi connectivity index (χ4v) is 2.79. The van der Waals surface area contributed by atoms with Crippen LogP contribution in [0.4, 0.5) is 0 Å². The third-order valence-corrected chi connectivity index (χ3v) is 3.66. The number of hydrogen-bond donors (Lipinski definition) is 1. The van der Waals surface area contributed by atoms with Crippen LogP contribution in [0.2, 0.25) is 0 Å². The number of aromatic nitrogens is 2. The predicted molar refractivity (Wildman–Crippen MR) is 67.5 cm³/mol. The zero-order chi connectivity index (χ0) is 11.8. The monoisotopic (exact) mass is 227 g/mol. The van der Waals surface area contributed by atoms with Crippen LogP contribution in [0.15, 0.2) is 36.7 Å².